The molecule has 0 atom stereocenters. The van der Waals surface area contributed by atoms with Crippen molar-refractivity contribution in [2.45, 2.75) is 31.6 Å². The molecule has 1 aliphatic rings. The van der Waals surface area contributed by atoms with E-state index in [1.54, 1.807) is 22.4 Å². The zero-order valence-corrected chi connectivity index (χ0v) is 16.8. The summed E-state index contributed by atoms with van der Waals surface area (Å²) in [6, 6.07) is 7.06. The summed E-state index contributed by atoms with van der Waals surface area (Å²) in [4.78, 5) is 18.6. The summed E-state index contributed by atoms with van der Waals surface area (Å²) in [5, 5.41) is 2.59. The van der Waals surface area contributed by atoms with Crippen LogP contribution in [0.4, 0.5) is 0 Å². The number of amides is 1. The van der Waals surface area contributed by atoms with E-state index in [4.69, 9.17) is 0 Å². The van der Waals surface area contributed by atoms with E-state index in [2.05, 4.69) is 18.8 Å². The molecule has 1 aromatic carbocycles. The molecule has 0 aliphatic carbocycles. The van der Waals surface area contributed by atoms with Gasteiger partial charge in [-0.3, -0.25) is 4.79 Å². The predicted molar refractivity (Wildman–Crippen MR) is 102 cm³/mol. The number of piperazine rings is 1. The quantitative estimate of drug-likeness (QED) is 0.801. The van der Waals surface area contributed by atoms with Crippen LogP contribution in [0.1, 0.15) is 40.8 Å². The smallest absolute Gasteiger partial charge is 0.273 e. The molecule has 1 aliphatic heterocycles. The van der Waals surface area contributed by atoms with Gasteiger partial charge in [-0.2, -0.15) is 4.31 Å². The molecule has 0 radical (unpaired) electrons. The highest BCUT2D eigenvalue weighted by Crippen LogP contribution is 2.22. The van der Waals surface area contributed by atoms with Crippen molar-refractivity contribution < 1.29 is 13.2 Å². The van der Waals surface area contributed by atoms with Gasteiger partial charge >= 0.3 is 0 Å². The molecular formula is C18H23N3O3S2. The number of carbonyl (C=O) groups excluding carboxylic acids is 1. The maximum Gasteiger partial charge on any atom is 0.273 e. The number of sulfonamides is 1. The van der Waals surface area contributed by atoms with Crippen molar-refractivity contribution in [3.05, 3.63) is 45.9 Å². The zero-order valence-electron chi connectivity index (χ0n) is 15.2. The highest BCUT2D eigenvalue weighted by atomic mass is 32.2. The molecule has 6 nitrogen and oxygen atoms in total. The van der Waals surface area contributed by atoms with Crippen molar-refractivity contribution in [1.82, 2.24) is 14.2 Å². The van der Waals surface area contributed by atoms with Gasteiger partial charge in [-0.05, 0) is 30.5 Å². The summed E-state index contributed by atoms with van der Waals surface area (Å²) in [5.74, 6) is 0.225. The van der Waals surface area contributed by atoms with E-state index in [-0.39, 0.29) is 5.91 Å². The van der Waals surface area contributed by atoms with Gasteiger partial charge in [0.1, 0.15) is 5.69 Å². The van der Waals surface area contributed by atoms with Crippen LogP contribution in [0, 0.1) is 6.92 Å². The van der Waals surface area contributed by atoms with Gasteiger partial charge in [0.15, 0.2) is 0 Å². The van der Waals surface area contributed by atoms with Crippen LogP contribution in [-0.4, -0.2) is 54.7 Å². The first kappa shape index (κ1) is 19.0. The third kappa shape index (κ3) is 3.82. The van der Waals surface area contributed by atoms with E-state index in [0.29, 0.717) is 42.7 Å². The SMILES string of the molecule is Cc1nc(C(=O)N2CCN(S(=O)(=O)c3ccc(C(C)C)cc3)CC2)cs1. The van der Waals surface area contributed by atoms with Crippen LogP contribution in [0.3, 0.4) is 0 Å². The van der Waals surface area contributed by atoms with Gasteiger partial charge in [-0.15, -0.1) is 11.3 Å². The molecule has 140 valence electrons. The average molecular weight is 394 g/mol. The molecule has 0 bridgehead atoms. The summed E-state index contributed by atoms with van der Waals surface area (Å²) in [6.07, 6.45) is 0. The molecule has 1 aromatic heterocycles. The minimum atomic E-state index is -3.53. The molecule has 0 spiro atoms. The number of nitrogens with zero attached hydrogens (tertiary/aromatic N) is 3. The van der Waals surface area contributed by atoms with Crippen molar-refractivity contribution in [3.8, 4) is 0 Å². The summed E-state index contributed by atoms with van der Waals surface area (Å²) < 4.78 is 27.1. The summed E-state index contributed by atoms with van der Waals surface area (Å²) in [7, 11) is -3.53. The molecular weight excluding hydrogens is 370 g/mol. The fraction of sp³-hybridized carbons (Fsp3) is 0.444. The van der Waals surface area contributed by atoms with Gasteiger partial charge < -0.3 is 4.90 Å². The molecule has 1 saturated heterocycles. The predicted octanol–water partition coefficient (Wildman–Crippen LogP) is 2.72. The summed E-state index contributed by atoms with van der Waals surface area (Å²) >= 11 is 1.44. The van der Waals surface area contributed by atoms with Crippen LogP contribution in [0.25, 0.3) is 0 Å². The highest BCUT2D eigenvalue weighted by Gasteiger charge is 2.31. The molecule has 0 unspecified atom stereocenters. The van der Waals surface area contributed by atoms with E-state index < -0.39 is 10.0 Å². The van der Waals surface area contributed by atoms with Crippen molar-refractivity contribution in [2.24, 2.45) is 0 Å². The maximum absolute atomic E-state index is 12.8. The van der Waals surface area contributed by atoms with Gasteiger partial charge in [0.2, 0.25) is 10.0 Å². The Morgan fingerprint density at radius 1 is 1.12 bits per heavy atom. The number of aryl methyl sites for hydroxylation is 1. The lowest BCUT2D eigenvalue weighted by Crippen LogP contribution is -2.50. The van der Waals surface area contributed by atoms with Crippen LogP contribution in [0.2, 0.25) is 0 Å². The van der Waals surface area contributed by atoms with Gasteiger partial charge in [0.05, 0.1) is 9.90 Å². The topological polar surface area (TPSA) is 70.6 Å². The molecule has 1 amide bonds. The fourth-order valence-electron chi connectivity index (χ4n) is 2.93. The van der Waals surface area contributed by atoms with Gasteiger partial charge in [-0.25, -0.2) is 13.4 Å². The van der Waals surface area contributed by atoms with Gasteiger partial charge in [0, 0.05) is 31.6 Å². The van der Waals surface area contributed by atoms with Crippen LogP contribution >= 0.6 is 11.3 Å². The molecule has 26 heavy (non-hydrogen) atoms. The van der Waals surface area contributed by atoms with Crippen molar-refractivity contribution in [1.29, 1.82) is 0 Å². The third-order valence-electron chi connectivity index (χ3n) is 4.55. The monoisotopic (exact) mass is 393 g/mol. The van der Waals surface area contributed by atoms with Gasteiger partial charge in [0.25, 0.3) is 5.91 Å². The minimum absolute atomic E-state index is 0.132. The molecule has 2 heterocycles. The van der Waals surface area contributed by atoms with E-state index in [0.717, 1.165) is 10.6 Å². The number of hydrogen-bond acceptors (Lipinski definition) is 5. The van der Waals surface area contributed by atoms with E-state index in [1.807, 2.05) is 19.1 Å². The van der Waals surface area contributed by atoms with Crippen LogP contribution in [-0.2, 0) is 10.0 Å². The molecule has 0 saturated carbocycles. The molecule has 3 rings (SSSR count). The Hall–Kier alpha value is -1.77. The van der Waals surface area contributed by atoms with Crippen molar-refractivity contribution in [3.63, 3.8) is 0 Å². The van der Waals surface area contributed by atoms with Crippen LogP contribution < -0.4 is 0 Å². The Morgan fingerprint density at radius 2 is 1.73 bits per heavy atom. The van der Waals surface area contributed by atoms with E-state index >= 15 is 0 Å². The number of thiazole rings is 1. The van der Waals surface area contributed by atoms with Crippen molar-refractivity contribution in [2.75, 3.05) is 26.2 Å². The molecule has 1 fully saturated rings. The second-order valence-corrected chi connectivity index (χ2v) is 9.67. The molecule has 8 heteroatoms. The van der Waals surface area contributed by atoms with E-state index in [9.17, 15) is 13.2 Å². The Balaban J connectivity index is 1.67. The standard InChI is InChI=1S/C18H23N3O3S2/c1-13(2)15-4-6-16(7-5-15)26(23,24)21-10-8-20(9-11-21)18(22)17-12-25-14(3)19-17/h4-7,12-13H,8-11H2,1-3H3. The lowest BCUT2D eigenvalue weighted by Gasteiger charge is -2.33. The first-order valence-corrected chi connectivity index (χ1v) is 10.9. The number of benzene rings is 1. The minimum Gasteiger partial charge on any atom is -0.335 e. The number of hydrogen-bond donors (Lipinski definition) is 0. The lowest BCUT2D eigenvalue weighted by atomic mass is 10.0. The third-order valence-corrected chi connectivity index (χ3v) is 7.23. The van der Waals surface area contributed by atoms with Crippen LogP contribution in [0.5, 0.6) is 0 Å². The Kier molecular flexibility index (Phi) is 5.45. The number of carbonyl (C=O) groups is 1. The van der Waals surface area contributed by atoms with Crippen LogP contribution in [0.15, 0.2) is 34.5 Å². The second kappa shape index (κ2) is 7.46. The Bertz CT molecular complexity index is 881. The molecule has 2 aromatic rings. The normalized spacial score (nSPS) is 16.2. The second-order valence-electron chi connectivity index (χ2n) is 6.67. The van der Waals surface area contributed by atoms with E-state index in [1.165, 1.54) is 15.6 Å². The Morgan fingerprint density at radius 3 is 2.23 bits per heavy atom. The summed E-state index contributed by atoms with van der Waals surface area (Å²) in [6.45, 7) is 7.34. The molecule has 0 N–H and O–H groups in total. The summed E-state index contributed by atoms with van der Waals surface area (Å²) in [5.41, 5.74) is 1.55. The lowest BCUT2D eigenvalue weighted by molar-refractivity contribution is 0.0692. The average Bonchev–Trinajstić information content (AvgIpc) is 3.07. The van der Waals surface area contributed by atoms with Crippen molar-refractivity contribution >= 4 is 27.3 Å². The fourth-order valence-corrected chi connectivity index (χ4v) is 4.94. The first-order valence-electron chi connectivity index (χ1n) is 8.60. The number of rotatable bonds is 4. The number of aromatic nitrogens is 1. The Labute approximate surface area is 158 Å². The zero-order chi connectivity index (χ0) is 18.9. The largest absolute Gasteiger partial charge is 0.335 e. The highest BCUT2D eigenvalue weighted by molar-refractivity contribution is 7.89. The maximum atomic E-state index is 12.8. The first-order chi connectivity index (χ1) is 12.3. The van der Waals surface area contributed by atoms with Gasteiger partial charge in [-0.1, -0.05) is 26.0 Å².